The van der Waals surface area contributed by atoms with E-state index in [9.17, 15) is 4.79 Å². The van der Waals surface area contributed by atoms with Crippen LogP contribution in [-0.2, 0) is 11.2 Å². The number of fused-ring (bicyclic) bond motifs is 2. The Balaban J connectivity index is 0.00000157. The second-order valence-corrected chi connectivity index (χ2v) is 39.7. The van der Waals surface area contributed by atoms with Crippen LogP contribution in [0.4, 0.5) is 0 Å². The smallest absolute Gasteiger partial charge is 0.230 e. The lowest BCUT2D eigenvalue weighted by Crippen LogP contribution is -2.47. The maximum absolute atomic E-state index is 12.9. The number of hydrogen-bond acceptors (Lipinski definition) is 5. The number of H-pyrrole nitrogens is 1. The van der Waals surface area contributed by atoms with Crippen molar-refractivity contribution in [3.05, 3.63) is 41.6 Å². The normalized spacial score (nSPS) is 13.8. The summed E-state index contributed by atoms with van der Waals surface area (Å²) in [4.78, 5) is 20.6. The number of nitrogens with one attached hydrogen (secondary N) is 1. The fraction of sp³-hybridized carbons (Fsp3) is 0.905. The number of likely N-dealkylation sites (N-methyl/N-ethyl adjacent to an activating group) is 1. The van der Waals surface area contributed by atoms with Gasteiger partial charge < -0.3 is 25.2 Å². The number of aliphatic hydroxyl groups is 3. The van der Waals surface area contributed by atoms with Gasteiger partial charge in [0.05, 0.1) is 5.92 Å². The van der Waals surface area contributed by atoms with Crippen LogP contribution in [0, 0.1) is 11.8 Å². The number of amides is 1. The molecule has 2 aliphatic rings. The third-order valence-corrected chi connectivity index (χ3v) is 27.9. The molecular formula is C116H225N3O4. The molecule has 1 aromatic heterocycles. The predicted octanol–water partition coefficient (Wildman–Crippen LogP) is 38.1. The zero-order valence-corrected chi connectivity index (χ0v) is 85.5. The molecule has 4 rings (SSSR count). The van der Waals surface area contributed by atoms with Gasteiger partial charge in [-0.25, -0.2) is 0 Å². The Morgan fingerprint density at radius 2 is 0.569 bits per heavy atom. The van der Waals surface area contributed by atoms with E-state index in [2.05, 4.69) is 103 Å². The van der Waals surface area contributed by atoms with Gasteiger partial charge in [-0.15, -0.1) is 0 Å². The molecule has 7 heteroatoms. The summed E-state index contributed by atoms with van der Waals surface area (Å²) in [5.41, 5.74) is 5.21. The Labute approximate surface area is 772 Å². The lowest BCUT2D eigenvalue weighted by Gasteiger charge is -2.40. The first-order valence-corrected chi connectivity index (χ1v) is 56.8. The summed E-state index contributed by atoms with van der Waals surface area (Å²) in [7, 11) is 2.15. The van der Waals surface area contributed by atoms with Crippen LogP contribution in [-0.4, -0.2) is 88.6 Å². The van der Waals surface area contributed by atoms with E-state index in [1.165, 1.54) is 561 Å². The molecule has 3 atom stereocenters. The summed E-state index contributed by atoms with van der Waals surface area (Å²) in [6.07, 6.45) is 128. The summed E-state index contributed by atoms with van der Waals surface area (Å²) >= 11 is 0. The van der Waals surface area contributed by atoms with Crippen molar-refractivity contribution in [1.29, 1.82) is 0 Å². The zero-order valence-electron chi connectivity index (χ0n) is 85.5. The Morgan fingerprint density at radius 1 is 0.341 bits per heavy atom. The van der Waals surface area contributed by atoms with Gasteiger partial charge in [-0.3, -0.25) is 9.69 Å². The molecular weight excluding hydrogens is 1500 g/mol. The van der Waals surface area contributed by atoms with E-state index >= 15 is 0 Å². The number of carbonyl (C=O) groups is 1. The van der Waals surface area contributed by atoms with Gasteiger partial charge >= 0.3 is 0 Å². The molecule has 2 heterocycles. The quantitative estimate of drug-likeness (QED) is 0.0495. The van der Waals surface area contributed by atoms with Gasteiger partial charge in [0.2, 0.25) is 5.91 Å². The minimum atomic E-state index is -0.0445. The predicted molar refractivity (Wildman–Crippen MR) is 554 cm³/mol. The van der Waals surface area contributed by atoms with Gasteiger partial charge in [0.15, 0.2) is 0 Å². The van der Waals surface area contributed by atoms with Crippen molar-refractivity contribution in [2.75, 3.05) is 46.5 Å². The first-order chi connectivity index (χ1) is 60.7. The second-order valence-electron chi connectivity index (χ2n) is 39.7. The van der Waals surface area contributed by atoms with Gasteiger partial charge in [0.25, 0.3) is 0 Å². The lowest BCUT2D eigenvalue weighted by atomic mass is 9.79. The minimum Gasteiger partial charge on any atom is -0.396 e. The van der Waals surface area contributed by atoms with Crippen LogP contribution >= 0.6 is 0 Å². The van der Waals surface area contributed by atoms with Crippen molar-refractivity contribution in [3.63, 3.8) is 0 Å². The molecule has 1 unspecified atom stereocenters. The maximum atomic E-state index is 12.9. The zero-order chi connectivity index (χ0) is 89.4. The molecule has 0 bridgehead atoms. The van der Waals surface area contributed by atoms with Crippen LogP contribution in [0.2, 0.25) is 0 Å². The van der Waals surface area contributed by atoms with Crippen molar-refractivity contribution in [2.45, 2.75) is 620 Å². The van der Waals surface area contributed by atoms with Crippen molar-refractivity contribution in [3.8, 4) is 0 Å². The van der Waals surface area contributed by atoms with E-state index in [1.807, 2.05) is 4.90 Å². The number of aromatic amines is 1. The molecule has 0 saturated heterocycles. The summed E-state index contributed by atoms with van der Waals surface area (Å²) in [6, 6.07) is 6.82. The second kappa shape index (κ2) is 100. The molecule has 1 aromatic carbocycles. The molecule has 1 aliphatic carbocycles. The highest BCUT2D eigenvalue weighted by Crippen LogP contribution is 2.41. The topological polar surface area (TPSA) is 100 Å². The van der Waals surface area contributed by atoms with Gasteiger partial charge in [0.1, 0.15) is 0 Å². The fourth-order valence-corrected chi connectivity index (χ4v) is 19.1. The largest absolute Gasteiger partial charge is 0.396 e. The number of carbonyl (C=O) groups excluding carboxylic acids is 1. The third-order valence-electron chi connectivity index (χ3n) is 27.9. The van der Waals surface area contributed by atoms with Gasteiger partial charge in [-0.1, -0.05) is 593 Å². The summed E-state index contributed by atoms with van der Waals surface area (Å²) in [6.45, 7) is 21.3. The molecule has 0 spiro atoms. The molecule has 2 aromatic rings. The average molecular weight is 1730 g/mol. The number of aromatic nitrogens is 1. The van der Waals surface area contributed by atoms with Gasteiger partial charge in [-0.2, -0.15) is 0 Å². The summed E-state index contributed by atoms with van der Waals surface area (Å²) in [5.74, 6) is 1.16. The molecule has 4 N–H and O–H groups in total. The monoisotopic (exact) mass is 1720 g/mol. The number of unbranched alkanes of at least 4 members (excludes halogenated alkanes) is 80. The van der Waals surface area contributed by atoms with Crippen LogP contribution < -0.4 is 0 Å². The van der Waals surface area contributed by atoms with E-state index in [4.69, 9.17) is 15.3 Å². The first-order valence-electron chi connectivity index (χ1n) is 56.8. The molecule has 0 fully saturated rings. The number of nitrogens with zero attached hydrogens (tertiary/aromatic N) is 2. The molecule has 728 valence electrons. The number of rotatable bonds is 89. The summed E-state index contributed by atoms with van der Waals surface area (Å²) < 4.78 is 0. The molecule has 0 saturated carbocycles. The average Bonchev–Trinajstić information content (AvgIpc) is 1.67. The Hall–Kier alpha value is -2.19. The molecule has 0 radical (unpaired) electrons. The highest BCUT2D eigenvalue weighted by atomic mass is 16.3. The maximum Gasteiger partial charge on any atom is 0.230 e. The number of aliphatic hydroxyl groups excluding tert-OH is 3. The lowest BCUT2D eigenvalue weighted by molar-refractivity contribution is -0.134. The van der Waals surface area contributed by atoms with Crippen molar-refractivity contribution in [1.82, 2.24) is 14.8 Å². The van der Waals surface area contributed by atoms with Crippen LogP contribution in [0.1, 0.15) is 619 Å². The molecule has 123 heavy (non-hydrogen) atoms. The SMILES string of the molecule is CCCCC(C)CC.CCCCCCCCCCCCCCCCCCCCCCCCCCCCCCCCO.CCCCCCCCCCCCCCCCCCCCCCCCCCCCCO.CCCCCCCCCCCCCCCCCCCCCCCCCCCO.CCN(CC)C(=O)[C@@H]1C=C2c3cccc4[nH]cc(c34)C[C@H]2N(C)C1. The highest BCUT2D eigenvalue weighted by molar-refractivity contribution is 5.99. The Kier molecular flexibility index (Phi) is 98.6. The summed E-state index contributed by atoms with van der Waals surface area (Å²) in [5, 5.41) is 27.6. The van der Waals surface area contributed by atoms with Crippen molar-refractivity contribution >= 4 is 22.4 Å². The van der Waals surface area contributed by atoms with Crippen LogP contribution in [0.3, 0.4) is 0 Å². The van der Waals surface area contributed by atoms with Crippen LogP contribution in [0.15, 0.2) is 30.5 Å². The molecule has 1 amide bonds. The van der Waals surface area contributed by atoms with Crippen LogP contribution in [0.25, 0.3) is 16.5 Å². The van der Waals surface area contributed by atoms with E-state index in [1.54, 1.807) is 0 Å². The number of hydrogen-bond donors (Lipinski definition) is 4. The van der Waals surface area contributed by atoms with Crippen molar-refractivity contribution < 1.29 is 20.1 Å². The molecule has 1 aliphatic heterocycles. The Morgan fingerprint density at radius 3 is 0.780 bits per heavy atom. The first kappa shape index (κ1) is 121. The van der Waals surface area contributed by atoms with E-state index in [0.717, 1.165) is 51.2 Å². The van der Waals surface area contributed by atoms with E-state index in [-0.39, 0.29) is 11.8 Å². The Bertz CT molecular complexity index is 2280. The highest BCUT2D eigenvalue weighted by Gasteiger charge is 2.36. The minimum absolute atomic E-state index is 0.0445. The van der Waals surface area contributed by atoms with E-state index < -0.39 is 0 Å². The van der Waals surface area contributed by atoms with Crippen LogP contribution in [0.5, 0.6) is 0 Å². The number of benzene rings is 1. The fourth-order valence-electron chi connectivity index (χ4n) is 19.1. The van der Waals surface area contributed by atoms with Crippen molar-refractivity contribution in [2.24, 2.45) is 11.8 Å². The standard InChI is InChI=1S/C32H66O.C29H60O.C27H56O.C20H25N3O.C8H18/c1-2-3-4-5-6-7-8-9-10-11-12-13-14-15-16-17-18-19-20-21-22-23-24-25-26-27-28-29-30-31-32-33;1-2-3-4-5-6-7-8-9-10-11-12-13-14-15-16-17-18-19-20-21-22-23-24-25-26-27-28-29-30;1-2-3-4-5-6-7-8-9-10-11-12-13-14-15-16-17-18-19-20-21-22-23-24-25-26-27-28;1-4-23(5-2)20(24)14-9-16-15-7-6-8-17-19(15)13(11-21-17)10-18(16)22(3)12-14;1-4-6-7-8(3)5-2/h33H,2-32H2,1H3;30H,2-29H2,1H3;28H,2-27H2,1H3;6-9,11,14,18,21H,4-5,10,12H2,1-3H3;8H,4-7H2,1-3H3/t;;;14-,18-;/m...1./s1. The van der Waals surface area contributed by atoms with Gasteiger partial charge in [0, 0.05) is 62.6 Å². The van der Waals surface area contributed by atoms with E-state index in [0.29, 0.717) is 25.9 Å². The third kappa shape index (κ3) is 79.3. The molecule has 7 nitrogen and oxygen atoms in total. The van der Waals surface area contributed by atoms with Gasteiger partial charge in [-0.05, 0) is 75.3 Å².